The van der Waals surface area contributed by atoms with Crippen LogP contribution in [0.2, 0.25) is 0 Å². The van der Waals surface area contributed by atoms with Crippen molar-refractivity contribution in [1.82, 2.24) is 4.57 Å². The topological polar surface area (TPSA) is 14.2 Å². The highest BCUT2D eigenvalue weighted by atomic mass is 32.1. The molecule has 2 heterocycles. The van der Waals surface area contributed by atoms with Gasteiger partial charge in [0.15, 0.2) is 0 Å². The Bertz CT molecular complexity index is 1650. The molecule has 0 amide bonds. The van der Waals surface area contributed by atoms with Gasteiger partial charge in [0.25, 0.3) is 0 Å². The molecule has 4 aromatic carbocycles. The SMILES string of the molecule is CCCCCCn1c2ccccc2c2cc(-c3sc(-c4ccc(OC)cc4)c4ccccc34)ccc21. The zero-order valence-electron chi connectivity index (χ0n) is 21.0. The lowest BCUT2D eigenvalue weighted by atomic mass is 10.0. The van der Waals surface area contributed by atoms with Gasteiger partial charge < -0.3 is 9.30 Å². The molecule has 0 aliphatic carbocycles. The number of fused-ring (bicyclic) bond motifs is 4. The summed E-state index contributed by atoms with van der Waals surface area (Å²) in [7, 11) is 1.71. The molecule has 6 rings (SSSR count). The zero-order valence-corrected chi connectivity index (χ0v) is 21.8. The molecule has 6 aromatic rings. The number of methoxy groups -OCH3 is 1. The molecule has 0 aliphatic heterocycles. The third kappa shape index (κ3) is 3.98. The molecule has 2 aromatic heterocycles. The molecule has 0 aliphatic rings. The van der Waals surface area contributed by atoms with E-state index in [0.717, 1.165) is 12.3 Å². The highest BCUT2D eigenvalue weighted by Crippen LogP contribution is 2.45. The Balaban J connectivity index is 1.49. The second-order valence-electron chi connectivity index (χ2n) is 9.50. The number of hydrogen-bond acceptors (Lipinski definition) is 2. The number of unbranched alkanes of at least 4 members (excludes halogenated alkanes) is 3. The summed E-state index contributed by atoms with van der Waals surface area (Å²) in [5, 5.41) is 5.32. The van der Waals surface area contributed by atoms with Crippen molar-refractivity contribution in [3.05, 3.63) is 91.0 Å². The summed E-state index contributed by atoms with van der Waals surface area (Å²) in [6.07, 6.45) is 5.09. The van der Waals surface area contributed by atoms with Gasteiger partial charge in [-0.1, -0.05) is 74.7 Å². The predicted octanol–water partition coefficient (Wildman–Crippen LogP) is 9.93. The number of hydrogen-bond donors (Lipinski definition) is 0. The van der Waals surface area contributed by atoms with Crippen LogP contribution in [-0.4, -0.2) is 11.7 Å². The van der Waals surface area contributed by atoms with E-state index in [1.54, 1.807) is 7.11 Å². The molecule has 0 bridgehead atoms. The first kappa shape index (κ1) is 22.9. The summed E-state index contributed by atoms with van der Waals surface area (Å²) >= 11 is 1.88. The van der Waals surface area contributed by atoms with Gasteiger partial charge in [0, 0.05) is 48.9 Å². The summed E-state index contributed by atoms with van der Waals surface area (Å²) in [5.74, 6) is 0.886. The first-order chi connectivity index (χ1) is 17.8. The van der Waals surface area contributed by atoms with Crippen LogP contribution in [0.15, 0.2) is 91.0 Å². The highest BCUT2D eigenvalue weighted by Gasteiger charge is 2.16. The molecule has 2 nitrogen and oxygen atoms in total. The average molecular weight is 490 g/mol. The van der Waals surface area contributed by atoms with Crippen LogP contribution >= 0.6 is 11.3 Å². The Morgan fingerprint density at radius 1 is 0.639 bits per heavy atom. The third-order valence-corrected chi connectivity index (χ3v) is 8.56. The van der Waals surface area contributed by atoms with Gasteiger partial charge in [0.05, 0.1) is 7.11 Å². The van der Waals surface area contributed by atoms with Crippen LogP contribution in [0.25, 0.3) is 53.5 Å². The van der Waals surface area contributed by atoms with E-state index in [9.17, 15) is 0 Å². The molecule has 0 spiro atoms. The molecular weight excluding hydrogens is 458 g/mol. The Morgan fingerprint density at radius 3 is 2.00 bits per heavy atom. The van der Waals surface area contributed by atoms with Crippen molar-refractivity contribution in [1.29, 1.82) is 0 Å². The lowest BCUT2D eigenvalue weighted by molar-refractivity contribution is 0.415. The van der Waals surface area contributed by atoms with Crippen molar-refractivity contribution in [2.75, 3.05) is 7.11 Å². The van der Waals surface area contributed by atoms with Gasteiger partial charge in [0.2, 0.25) is 0 Å². The van der Waals surface area contributed by atoms with Gasteiger partial charge in [-0.25, -0.2) is 0 Å². The number of nitrogens with zero attached hydrogens (tertiary/aromatic N) is 1. The minimum Gasteiger partial charge on any atom is -0.497 e. The first-order valence-corrected chi connectivity index (χ1v) is 13.8. The normalized spacial score (nSPS) is 11.6. The number of ether oxygens (including phenoxy) is 1. The van der Waals surface area contributed by atoms with E-state index in [2.05, 4.69) is 90.4 Å². The van der Waals surface area contributed by atoms with Crippen molar-refractivity contribution in [2.45, 2.75) is 39.2 Å². The number of aryl methyl sites for hydroxylation is 1. The van der Waals surface area contributed by atoms with Crippen LogP contribution in [-0.2, 0) is 6.54 Å². The number of benzene rings is 4. The summed E-state index contributed by atoms with van der Waals surface area (Å²) in [5.41, 5.74) is 5.20. The van der Waals surface area contributed by atoms with Crippen LogP contribution in [0.3, 0.4) is 0 Å². The molecule has 0 atom stereocenters. The molecule has 36 heavy (non-hydrogen) atoms. The van der Waals surface area contributed by atoms with Crippen molar-refractivity contribution in [2.24, 2.45) is 0 Å². The van der Waals surface area contributed by atoms with Gasteiger partial charge in [-0.05, 0) is 60.0 Å². The predicted molar refractivity (Wildman–Crippen MR) is 156 cm³/mol. The second kappa shape index (κ2) is 9.83. The largest absolute Gasteiger partial charge is 0.497 e. The summed E-state index contributed by atoms with van der Waals surface area (Å²) in [4.78, 5) is 2.64. The Kier molecular flexibility index (Phi) is 6.25. The Hall–Kier alpha value is -3.56. The summed E-state index contributed by atoms with van der Waals surface area (Å²) in [6.45, 7) is 3.35. The number of aromatic nitrogens is 1. The fourth-order valence-corrected chi connectivity index (χ4v) is 6.67. The van der Waals surface area contributed by atoms with Gasteiger partial charge >= 0.3 is 0 Å². The monoisotopic (exact) mass is 489 g/mol. The Morgan fingerprint density at radius 2 is 1.28 bits per heavy atom. The molecule has 3 heteroatoms. The van der Waals surface area contributed by atoms with E-state index in [4.69, 9.17) is 4.74 Å². The van der Waals surface area contributed by atoms with E-state index < -0.39 is 0 Å². The van der Waals surface area contributed by atoms with E-state index in [1.165, 1.54) is 79.1 Å². The fraction of sp³-hybridized carbons (Fsp3) is 0.212. The lowest BCUT2D eigenvalue weighted by Gasteiger charge is -2.08. The molecule has 0 radical (unpaired) electrons. The molecule has 0 fully saturated rings. The van der Waals surface area contributed by atoms with Crippen molar-refractivity contribution in [3.8, 4) is 26.6 Å². The van der Waals surface area contributed by atoms with E-state index in [-0.39, 0.29) is 0 Å². The van der Waals surface area contributed by atoms with Gasteiger partial charge in [-0.3, -0.25) is 0 Å². The van der Waals surface area contributed by atoms with Crippen molar-refractivity contribution in [3.63, 3.8) is 0 Å². The molecule has 180 valence electrons. The minimum atomic E-state index is 0.886. The van der Waals surface area contributed by atoms with Crippen LogP contribution < -0.4 is 4.74 Å². The van der Waals surface area contributed by atoms with Crippen LogP contribution in [0.1, 0.15) is 32.6 Å². The van der Waals surface area contributed by atoms with E-state index >= 15 is 0 Å². The molecule has 0 saturated carbocycles. The van der Waals surface area contributed by atoms with Crippen molar-refractivity contribution >= 4 is 43.9 Å². The molecule has 0 unspecified atom stereocenters. The minimum absolute atomic E-state index is 0.886. The van der Waals surface area contributed by atoms with Crippen LogP contribution in [0, 0.1) is 0 Å². The highest BCUT2D eigenvalue weighted by molar-refractivity contribution is 7.21. The smallest absolute Gasteiger partial charge is 0.118 e. The van der Waals surface area contributed by atoms with Gasteiger partial charge in [-0.15, -0.1) is 11.3 Å². The van der Waals surface area contributed by atoms with Gasteiger partial charge in [0.1, 0.15) is 5.75 Å². The summed E-state index contributed by atoms with van der Waals surface area (Å²) in [6, 6.07) is 33.2. The maximum atomic E-state index is 5.38. The maximum Gasteiger partial charge on any atom is 0.118 e. The molecule has 0 N–H and O–H groups in total. The third-order valence-electron chi connectivity index (χ3n) is 7.24. The standard InChI is InChI=1S/C33H31NOS/c1-3-4-5-10-21-34-30-14-9-8-11-26(30)29-22-24(17-20-31(29)34)33-28-13-7-6-12-27(28)32(36-33)23-15-18-25(35-2)19-16-23/h6-9,11-20,22H,3-5,10,21H2,1-2H3. The number of para-hydroxylation sites is 1. The zero-order chi connectivity index (χ0) is 24.5. The quantitative estimate of drug-likeness (QED) is 0.194. The second-order valence-corrected chi connectivity index (χ2v) is 10.5. The molecule has 0 saturated heterocycles. The average Bonchev–Trinajstić information content (AvgIpc) is 3.47. The van der Waals surface area contributed by atoms with Crippen LogP contribution in [0.4, 0.5) is 0 Å². The molecular formula is C33H31NOS. The van der Waals surface area contributed by atoms with Gasteiger partial charge in [-0.2, -0.15) is 0 Å². The van der Waals surface area contributed by atoms with Crippen molar-refractivity contribution < 1.29 is 4.74 Å². The number of rotatable bonds is 8. The summed E-state index contributed by atoms with van der Waals surface area (Å²) < 4.78 is 7.91. The lowest BCUT2D eigenvalue weighted by Crippen LogP contribution is -1.97. The van der Waals surface area contributed by atoms with E-state index in [0.29, 0.717) is 0 Å². The van der Waals surface area contributed by atoms with Crippen LogP contribution in [0.5, 0.6) is 5.75 Å². The number of thiophene rings is 1. The van der Waals surface area contributed by atoms with E-state index in [1.807, 2.05) is 23.5 Å². The first-order valence-electron chi connectivity index (χ1n) is 13.0. The maximum absolute atomic E-state index is 5.38. The fourth-order valence-electron chi connectivity index (χ4n) is 5.39. The Labute approximate surface area is 216 Å².